The number of para-hydroxylation sites is 1. The standard InChI is InChI=1S/C17H25NO3.C11H12N2O2/c1-4-21-17(20)16(12-18(13-19)14(2)3)11-10-15-8-6-5-7-9-15;12-9(11(14)15)5-7-6-13-10-4-2-1-3-8(7)10/h5-9,13-14,16H,4,10-12H2,1-3H3;1-4,6,9,13H,5,12H2,(H,14,15)/t;9-/m.0/s1. The van der Waals surface area contributed by atoms with Gasteiger partial charge in [-0.1, -0.05) is 48.5 Å². The molecule has 0 aliphatic rings. The van der Waals surface area contributed by atoms with Crippen molar-refractivity contribution < 1.29 is 24.2 Å². The molecular formula is C28H37N3O5. The fourth-order valence-corrected chi connectivity index (χ4v) is 3.78. The van der Waals surface area contributed by atoms with Crippen molar-refractivity contribution >= 4 is 29.3 Å². The van der Waals surface area contributed by atoms with Crippen molar-refractivity contribution in [3.8, 4) is 0 Å². The van der Waals surface area contributed by atoms with Crippen molar-refractivity contribution in [2.75, 3.05) is 13.2 Å². The Bertz CT molecular complexity index is 1100. The van der Waals surface area contributed by atoms with Crippen LogP contribution >= 0.6 is 0 Å². The molecule has 1 amide bonds. The van der Waals surface area contributed by atoms with Gasteiger partial charge >= 0.3 is 11.9 Å². The van der Waals surface area contributed by atoms with E-state index in [2.05, 4.69) is 4.98 Å². The minimum Gasteiger partial charge on any atom is -0.480 e. The number of nitrogens with two attached hydrogens (primary N) is 1. The molecule has 0 aliphatic carbocycles. The highest BCUT2D eigenvalue weighted by atomic mass is 16.5. The van der Waals surface area contributed by atoms with Crippen LogP contribution in [0.15, 0.2) is 60.8 Å². The second-order valence-electron chi connectivity index (χ2n) is 8.88. The molecule has 4 N–H and O–H groups in total. The SMILES string of the molecule is CCOC(=O)C(CCc1ccccc1)CN(C=O)C(C)C.N[C@@H](Cc1c[nH]c2ccccc12)C(=O)O. The Labute approximate surface area is 212 Å². The zero-order chi connectivity index (χ0) is 26.5. The number of carboxylic acids is 1. The number of ether oxygens (including phenoxy) is 1. The molecule has 1 aromatic heterocycles. The summed E-state index contributed by atoms with van der Waals surface area (Å²) in [4.78, 5) is 38.5. The molecule has 0 spiro atoms. The van der Waals surface area contributed by atoms with Gasteiger partial charge in [-0.25, -0.2) is 0 Å². The number of carboxylic acid groups (broad SMARTS) is 1. The largest absolute Gasteiger partial charge is 0.480 e. The van der Waals surface area contributed by atoms with Crippen LogP contribution in [0.3, 0.4) is 0 Å². The number of esters is 1. The minimum absolute atomic E-state index is 0.0798. The van der Waals surface area contributed by atoms with Crippen LogP contribution in [0, 0.1) is 5.92 Å². The number of aryl methyl sites for hydroxylation is 1. The first-order valence-electron chi connectivity index (χ1n) is 12.2. The van der Waals surface area contributed by atoms with Gasteiger partial charge in [0, 0.05) is 36.1 Å². The highest BCUT2D eigenvalue weighted by Gasteiger charge is 2.23. The maximum absolute atomic E-state index is 12.1. The maximum atomic E-state index is 12.1. The third-order valence-electron chi connectivity index (χ3n) is 5.91. The maximum Gasteiger partial charge on any atom is 0.320 e. The van der Waals surface area contributed by atoms with Gasteiger partial charge in [-0.3, -0.25) is 14.4 Å². The molecule has 2 aromatic carbocycles. The number of hydrogen-bond donors (Lipinski definition) is 3. The number of H-pyrrole nitrogens is 1. The Morgan fingerprint density at radius 3 is 2.39 bits per heavy atom. The molecule has 2 atom stereocenters. The van der Waals surface area contributed by atoms with Gasteiger partial charge in [0.15, 0.2) is 0 Å². The summed E-state index contributed by atoms with van der Waals surface area (Å²) in [5.41, 5.74) is 8.62. The zero-order valence-corrected chi connectivity index (χ0v) is 21.2. The number of aromatic amines is 1. The molecule has 194 valence electrons. The van der Waals surface area contributed by atoms with Crippen molar-refractivity contribution in [2.45, 2.75) is 52.1 Å². The van der Waals surface area contributed by atoms with Crippen LogP contribution in [0.1, 0.15) is 38.3 Å². The normalized spacial score (nSPS) is 12.4. The van der Waals surface area contributed by atoms with E-state index in [1.165, 1.54) is 5.56 Å². The number of rotatable bonds is 12. The molecule has 0 aliphatic heterocycles. The lowest BCUT2D eigenvalue weighted by Gasteiger charge is -2.26. The summed E-state index contributed by atoms with van der Waals surface area (Å²) in [6, 6.07) is 17.0. The third kappa shape index (κ3) is 8.85. The number of carbonyl (C=O) groups excluding carboxylic acids is 2. The number of nitrogens with one attached hydrogen (secondary N) is 1. The molecule has 0 bridgehead atoms. The van der Waals surface area contributed by atoms with Gasteiger partial charge < -0.3 is 25.5 Å². The number of aromatic nitrogens is 1. The van der Waals surface area contributed by atoms with Gasteiger partial charge in [0.2, 0.25) is 6.41 Å². The van der Waals surface area contributed by atoms with E-state index < -0.39 is 12.0 Å². The number of fused-ring (bicyclic) bond motifs is 1. The lowest BCUT2D eigenvalue weighted by atomic mass is 9.98. The van der Waals surface area contributed by atoms with E-state index in [0.717, 1.165) is 29.3 Å². The summed E-state index contributed by atoms with van der Waals surface area (Å²) < 4.78 is 5.14. The monoisotopic (exact) mass is 495 g/mol. The van der Waals surface area contributed by atoms with Crippen LogP contribution < -0.4 is 5.73 Å². The smallest absolute Gasteiger partial charge is 0.320 e. The lowest BCUT2D eigenvalue weighted by molar-refractivity contribution is -0.149. The van der Waals surface area contributed by atoms with E-state index >= 15 is 0 Å². The molecule has 0 radical (unpaired) electrons. The quantitative estimate of drug-likeness (QED) is 0.259. The van der Waals surface area contributed by atoms with E-state index in [1.807, 2.05) is 74.6 Å². The van der Waals surface area contributed by atoms with Crippen molar-refractivity contribution in [2.24, 2.45) is 11.7 Å². The van der Waals surface area contributed by atoms with Crippen molar-refractivity contribution in [1.29, 1.82) is 0 Å². The highest BCUT2D eigenvalue weighted by Crippen LogP contribution is 2.18. The summed E-state index contributed by atoms with van der Waals surface area (Å²) in [6.07, 6.45) is 4.45. The highest BCUT2D eigenvalue weighted by molar-refractivity contribution is 5.84. The van der Waals surface area contributed by atoms with Gasteiger partial charge in [0.1, 0.15) is 6.04 Å². The van der Waals surface area contributed by atoms with Crippen molar-refractivity contribution in [3.05, 3.63) is 71.9 Å². The molecular weight excluding hydrogens is 458 g/mol. The summed E-state index contributed by atoms with van der Waals surface area (Å²) in [5.74, 6) is -1.47. The van der Waals surface area contributed by atoms with Crippen LogP contribution in [0.25, 0.3) is 10.9 Å². The Kier molecular flexibility index (Phi) is 11.7. The number of benzene rings is 2. The van der Waals surface area contributed by atoms with Gasteiger partial charge in [-0.15, -0.1) is 0 Å². The Morgan fingerprint density at radius 2 is 1.78 bits per heavy atom. The van der Waals surface area contributed by atoms with Crippen LogP contribution in [0.5, 0.6) is 0 Å². The van der Waals surface area contributed by atoms with E-state index in [9.17, 15) is 14.4 Å². The molecule has 1 heterocycles. The first-order chi connectivity index (χ1) is 17.3. The second kappa shape index (κ2) is 14.7. The molecule has 8 nitrogen and oxygen atoms in total. The Balaban J connectivity index is 0.000000267. The average molecular weight is 496 g/mol. The molecule has 3 aromatic rings. The number of aliphatic carboxylic acids is 1. The van der Waals surface area contributed by atoms with Gasteiger partial charge in [0.05, 0.1) is 12.5 Å². The molecule has 3 rings (SSSR count). The predicted octanol–water partition coefficient (Wildman–Crippen LogP) is 3.79. The summed E-state index contributed by atoms with van der Waals surface area (Å²) in [6.45, 7) is 6.45. The van der Waals surface area contributed by atoms with Gasteiger partial charge in [0.25, 0.3) is 0 Å². The molecule has 8 heteroatoms. The summed E-state index contributed by atoms with van der Waals surface area (Å²) in [5, 5.41) is 9.75. The van der Waals surface area contributed by atoms with Crippen molar-refractivity contribution in [1.82, 2.24) is 9.88 Å². The predicted molar refractivity (Wildman–Crippen MR) is 140 cm³/mol. The summed E-state index contributed by atoms with van der Waals surface area (Å²) in [7, 11) is 0. The fourth-order valence-electron chi connectivity index (χ4n) is 3.78. The first-order valence-corrected chi connectivity index (χ1v) is 12.2. The molecule has 1 unspecified atom stereocenters. The Morgan fingerprint density at radius 1 is 1.11 bits per heavy atom. The van der Waals surface area contributed by atoms with E-state index in [-0.39, 0.29) is 17.9 Å². The molecule has 0 saturated heterocycles. The van der Waals surface area contributed by atoms with Crippen LogP contribution in [0.4, 0.5) is 0 Å². The number of hydrogen-bond acceptors (Lipinski definition) is 5. The minimum atomic E-state index is -0.972. The van der Waals surface area contributed by atoms with Gasteiger partial charge in [-0.05, 0) is 50.8 Å². The lowest BCUT2D eigenvalue weighted by Crippen LogP contribution is -2.37. The fraction of sp³-hybridized carbons (Fsp3) is 0.393. The Hall–Kier alpha value is -3.65. The van der Waals surface area contributed by atoms with E-state index in [4.69, 9.17) is 15.6 Å². The van der Waals surface area contributed by atoms with Crippen LogP contribution in [-0.2, 0) is 32.0 Å². The van der Waals surface area contributed by atoms with Gasteiger partial charge in [-0.2, -0.15) is 0 Å². The topological polar surface area (TPSA) is 126 Å². The first kappa shape index (κ1) is 28.6. The van der Waals surface area contributed by atoms with Crippen LogP contribution in [-0.4, -0.2) is 58.6 Å². The molecule has 0 saturated carbocycles. The zero-order valence-electron chi connectivity index (χ0n) is 21.2. The summed E-state index contributed by atoms with van der Waals surface area (Å²) >= 11 is 0. The van der Waals surface area contributed by atoms with E-state index in [1.54, 1.807) is 11.8 Å². The number of carbonyl (C=O) groups is 3. The second-order valence-corrected chi connectivity index (χ2v) is 8.88. The molecule has 0 fully saturated rings. The third-order valence-corrected chi connectivity index (χ3v) is 5.91. The number of amides is 1. The van der Waals surface area contributed by atoms with E-state index in [0.29, 0.717) is 26.0 Å². The van der Waals surface area contributed by atoms with Crippen molar-refractivity contribution in [3.63, 3.8) is 0 Å². The average Bonchev–Trinajstić information content (AvgIpc) is 3.27. The molecule has 36 heavy (non-hydrogen) atoms. The number of nitrogens with zero attached hydrogens (tertiary/aromatic N) is 1. The van der Waals surface area contributed by atoms with Crippen LogP contribution in [0.2, 0.25) is 0 Å².